The van der Waals surface area contributed by atoms with Crippen LogP contribution in [-0.4, -0.2) is 25.7 Å². The van der Waals surface area contributed by atoms with Crippen LogP contribution in [-0.2, 0) is 12.7 Å². The average molecular weight is 455 g/mol. The van der Waals surface area contributed by atoms with Crippen molar-refractivity contribution in [3.63, 3.8) is 0 Å². The molecule has 2 heterocycles. The zero-order valence-electron chi connectivity index (χ0n) is 16.6. The Labute approximate surface area is 183 Å². The van der Waals surface area contributed by atoms with Crippen LogP contribution in [0.1, 0.15) is 27.0 Å². The standard InChI is InChI=1S/C21H13F4N7O/c22-15-4-11(3-14(6-15)21(23,24)25)9-32-19-16(8-29-32)17(30-20(28)31-19)12-1-10(7-26)2-13(5-12)18(27)33/h1-6,8H,9H2,(H2,27,33)(H2,28,30,31). The van der Waals surface area contributed by atoms with E-state index in [1.165, 1.54) is 29.1 Å². The number of halogens is 4. The lowest BCUT2D eigenvalue weighted by Gasteiger charge is -2.10. The highest BCUT2D eigenvalue weighted by atomic mass is 19.4. The number of benzene rings is 2. The second-order valence-electron chi connectivity index (χ2n) is 7.09. The van der Waals surface area contributed by atoms with Crippen molar-refractivity contribution in [2.24, 2.45) is 5.73 Å². The van der Waals surface area contributed by atoms with Gasteiger partial charge in [-0.1, -0.05) is 0 Å². The fourth-order valence-electron chi connectivity index (χ4n) is 3.36. The topological polar surface area (TPSA) is 136 Å². The number of primary amides is 1. The lowest BCUT2D eigenvalue weighted by molar-refractivity contribution is -0.137. The minimum Gasteiger partial charge on any atom is -0.368 e. The molecule has 4 N–H and O–H groups in total. The lowest BCUT2D eigenvalue weighted by Crippen LogP contribution is -2.11. The summed E-state index contributed by atoms with van der Waals surface area (Å²) in [5.41, 5.74) is 11.0. The monoisotopic (exact) mass is 455 g/mol. The molecule has 0 bridgehead atoms. The quantitative estimate of drug-likeness (QED) is 0.453. The molecule has 33 heavy (non-hydrogen) atoms. The Balaban J connectivity index is 1.84. The highest BCUT2D eigenvalue weighted by molar-refractivity contribution is 5.97. The van der Waals surface area contributed by atoms with Gasteiger partial charge in [-0.15, -0.1) is 0 Å². The zero-order chi connectivity index (χ0) is 23.9. The van der Waals surface area contributed by atoms with Crippen molar-refractivity contribution in [1.82, 2.24) is 19.7 Å². The summed E-state index contributed by atoms with van der Waals surface area (Å²) >= 11 is 0. The van der Waals surface area contributed by atoms with Gasteiger partial charge >= 0.3 is 6.18 Å². The van der Waals surface area contributed by atoms with Gasteiger partial charge in [-0.05, 0) is 42.0 Å². The van der Waals surface area contributed by atoms with Gasteiger partial charge in [-0.25, -0.2) is 14.1 Å². The highest BCUT2D eigenvalue weighted by Crippen LogP contribution is 2.32. The van der Waals surface area contributed by atoms with Crippen LogP contribution in [0.2, 0.25) is 0 Å². The number of alkyl halides is 3. The summed E-state index contributed by atoms with van der Waals surface area (Å²) in [5, 5.41) is 13.8. The molecule has 0 saturated heterocycles. The molecule has 2 aromatic heterocycles. The van der Waals surface area contributed by atoms with E-state index in [2.05, 4.69) is 15.1 Å². The maximum atomic E-state index is 13.8. The summed E-state index contributed by atoms with van der Waals surface area (Å²) in [5.74, 6) is -1.98. The van der Waals surface area contributed by atoms with Crippen LogP contribution in [0, 0.1) is 17.1 Å². The predicted molar refractivity (Wildman–Crippen MR) is 109 cm³/mol. The number of rotatable bonds is 4. The van der Waals surface area contributed by atoms with Crippen molar-refractivity contribution in [3.8, 4) is 17.3 Å². The third-order valence-corrected chi connectivity index (χ3v) is 4.75. The highest BCUT2D eigenvalue weighted by Gasteiger charge is 2.31. The molecule has 0 aliphatic carbocycles. The molecule has 2 aromatic carbocycles. The molecule has 4 rings (SSSR count). The molecule has 0 spiro atoms. The number of nitriles is 1. The predicted octanol–water partition coefficient (Wildman–Crippen LogP) is 3.25. The second-order valence-corrected chi connectivity index (χ2v) is 7.09. The molecule has 0 radical (unpaired) electrons. The van der Waals surface area contributed by atoms with E-state index >= 15 is 0 Å². The number of hydrogen-bond acceptors (Lipinski definition) is 6. The molecular formula is C21H13F4N7O. The van der Waals surface area contributed by atoms with Crippen LogP contribution < -0.4 is 11.5 Å². The SMILES string of the molecule is N#Cc1cc(C(N)=O)cc(-c2nc(N)nc3c2cnn3Cc2cc(F)cc(C(F)(F)F)c2)c1. The molecule has 0 fully saturated rings. The Morgan fingerprint density at radius 1 is 1.12 bits per heavy atom. The van der Waals surface area contributed by atoms with Crippen LogP contribution in [0.3, 0.4) is 0 Å². The number of nitrogens with two attached hydrogens (primary N) is 2. The first-order valence-corrected chi connectivity index (χ1v) is 9.26. The summed E-state index contributed by atoms with van der Waals surface area (Å²) in [4.78, 5) is 19.9. The van der Waals surface area contributed by atoms with Gasteiger partial charge in [0, 0.05) is 11.1 Å². The summed E-state index contributed by atoms with van der Waals surface area (Å²) in [6.45, 7) is -0.231. The van der Waals surface area contributed by atoms with Crippen molar-refractivity contribution in [1.29, 1.82) is 5.26 Å². The van der Waals surface area contributed by atoms with E-state index in [1.54, 1.807) is 0 Å². The summed E-state index contributed by atoms with van der Waals surface area (Å²) in [6, 6.07) is 8.31. The molecule has 166 valence electrons. The molecule has 12 heteroatoms. The van der Waals surface area contributed by atoms with Gasteiger partial charge in [0.15, 0.2) is 5.65 Å². The van der Waals surface area contributed by atoms with Crippen molar-refractivity contribution in [3.05, 3.63) is 70.7 Å². The minimum atomic E-state index is -4.72. The van der Waals surface area contributed by atoms with Crippen LogP contribution >= 0.6 is 0 Å². The van der Waals surface area contributed by atoms with Crippen LogP contribution in [0.15, 0.2) is 42.6 Å². The van der Waals surface area contributed by atoms with Gasteiger partial charge in [0.25, 0.3) is 0 Å². The summed E-state index contributed by atoms with van der Waals surface area (Å²) < 4.78 is 54.2. The largest absolute Gasteiger partial charge is 0.416 e. The Morgan fingerprint density at radius 2 is 1.88 bits per heavy atom. The average Bonchev–Trinajstić information content (AvgIpc) is 3.14. The molecule has 0 saturated carbocycles. The van der Waals surface area contributed by atoms with E-state index in [0.29, 0.717) is 17.0 Å². The van der Waals surface area contributed by atoms with E-state index < -0.39 is 23.5 Å². The van der Waals surface area contributed by atoms with Crippen molar-refractivity contribution in [2.75, 3.05) is 5.73 Å². The molecule has 0 atom stereocenters. The van der Waals surface area contributed by atoms with E-state index in [9.17, 15) is 27.6 Å². The maximum Gasteiger partial charge on any atom is 0.416 e. The third-order valence-electron chi connectivity index (χ3n) is 4.75. The van der Waals surface area contributed by atoms with Crippen LogP contribution in [0.4, 0.5) is 23.5 Å². The van der Waals surface area contributed by atoms with Gasteiger partial charge in [0.1, 0.15) is 5.82 Å². The summed E-state index contributed by atoms with van der Waals surface area (Å²) in [7, 11) is 0. The van der Waals surface area contributed by atoms with Crippen LogP contribution in [0.5, 0.6) is 0 Å². The number of carbonyl (C=O) groups is 1. The maximum absolute atomic E-state index is 13.8. The van der Waals surface area contributed by atoms with E-state index in [1.807, 2.05) is 6.07 Å². The first-order chi connectivity index (χ1) is 15.5. The Hall–Kier alpha value is -4.53. The molecule has 0 aliphatic heterocycles. The number of nitrogen functional groups attached to an aromatic ring is 1. The molecule has 0 aliphatic rings. The molecular weight excluding hydrogens is 442 g/mol. The van der Waals surface area contributed by atoms with Gasteiger partial charge in [-0.3, -0.25) is 4.79 Å². The smallest absolute Gasteiger partial charge is 0.368 e. The fourth-order valence-corrected chi connectivity index (χ4v) is 3.36. The van der Waals surface area contributed by atoms with Crippen LogP contribution in [0.25, 0.3) is 22.3 Å². The number of aromatic nitrogens is 4. The number of hydrogen-bond donors (Lipinski definition) is 2. The van der Waals surface area contributed by atoms with Gasteiger partial charge < -0.3 is 11.5 Å². The third kappa shape index (κ3) is 4.29. The molecule has 4 aromatic rings. The Bertz CT molecular complexity index is 1450. The van der Waals surface area contributed by atoms with Gasteiger partial charge in [-0.2, -0.15) is 28.5 Å². The zero-order valence-corrected chi connectivity index (χ0v) is 16.6. The first-order valence-electron chi connectivity index (χ1n) is 9.26. The van der Waals surface area contributed by atoms with Crippen molar-refractivity contribution in [2.45, 2.75) is 12.7 Å². The van der Waals surface area contributed by atoms with E-state index in [0.717, 1.165) is 12.1 Å². The number of carbonyl (C=O) groups excluding carboxylic acids is 1. The normalized spacial score (nSPS) is 11.5. The fraction of sp³-hybridized carbons (Fsp3) is 0.0952. The summed E-state index contributed by atoms with van der Waals surface area (Å²) in [6.07, 6.45) is -3.36. The van der Waals surface area contributed by atoms with Gasteiger partial charge in [0.2, 0.25) is 11.9 Å². The van der Waals surface area contributed by atoms with Crippen molar-refractivity contribution < 1.29 is 22.4 Å². The van der Waals surface area contributed by atoms with E-state index in [4.69, 9.17) is 11.5 Å². The lowest BCUT2D eigenvalue weighted by atomic mass is 10.0. The molecule has 8 nitrogen and oxygen atoms in total. The molecule has 1 amide bonds. The number of anilines is 1. The second kappa shape index (κ2) is 7.86. The molecule has 0 unspecified atom stereocenters. The Morgan fingerprint density at radius 3 is 2.55 bits per heavy atom. The van der Waals surface area contributed by atoms with Gasteiger partial charge in [0.05, 0.1) is 41.0 Å². The minimum absolute atomic E-state index is 0.00792. The number of amides is 1. The number of fused-ring (bicyclic) bond motifs is 1. The van der Waals surface area contributed by atoms with Crippen molar-refractivity contribution >= 4 is 22.9 Å². The number of nitrogens with zero attached hydrogens (tertiary/aromatic N) is 5. The van der Waals surface area contributed by atoms with E-state index in [-0.39, 0.29) is 40.5 Å². The first kappa shape index (κ1) is 21.7. The Kier molecular flexibility index (Phi) is 5.17.